The molecule has 0 radical (unpaired) electrons. The molecule has 1 amide bonds. The van der Waals surface area contributed by atoms with Gasteiger partial charge in [-0.2, -0.15) is 0 Å². The molecule has 5 rings (SSSR count). The van der Waals surface area contributed by atoms with E-state index < -0.39 is 12.0 Å². The second-order valence-corrected chi connectivity index (χ2v) is 11.2. The van der Waals surface area contributed by atoms with Gasteiger partial charge in [-0.3, -0.25) is 4.79 Å². The van der Waals surface area contributed by atoms with E-state index in [9.17, 15) is 14.7 Å². The number of aliphatic hydroxyl groups excluding tert-OH is 1. The van der Waals surface area contributed by atoms with Gasteiger partial charge in [0.2, 0.25) is 5.88 Å². The van der Waals surface area contributed by atoms with Gasteiger partial charge in [-0.1, -0.05) is 44.4 Å². The number of aromatic amines is 2. The molecule has 0 spiro atoms. The molecule has 1 aliphatic carbocycles. The molecule has 2 heterocycles. The van der Waals surface area contributed by atoms with Crippen LogP contribution in [0.1, 0.15) is 56.0 Å². The van der Waals surface area contributed by atoms with Crippen LogP contribution < -0.4 is 26.2 Å². The fraction of sp³-hybridized carbons (Fsp3) is 0.387. The Bertz CT molecular complexity index is 1490. The molecule has 0 bridgehead atoms. The van der Waals surface area contributed by atoms with E-state index in [2.05, 4.69) is 27.2 Å². The van der Waals surface area contributed by atoms with E-state index in [-0.39, 0.29) is 29.3 Å². The highest BCUT2D eigenvalue weighted by Gasteiger charge is 2.20. The van der Waals surface area contributed by atoms with E-state index in [1.165, 1.54) is 25.5 Å². The number of H-pyrrole nitrogens is 2. The summed E-state index contributed by atoms with van der Waals surface area (Å²) in [5.41, 5.74) is 7.26. The van der Waals surface area contributed by atoms with E-state index in [1.807, 2.05) is 26.0 Å². The number of β-amino-alcohol motifs (C(OH)–C–C–N with tert-alkyl or cyclic N) is 1. The van der Waals surface area contributed by atoms with Crippen LogP contribution in [0.15, 0.2) is 65.6 Å². The highest BCUT2D eigenvalue weighted by Crippen LogP contribution is 2.25. The molecule has 2 aromatic heterocycles. The second-order valence-electron chi connectivity index (χ2n) is 11.2. The van der Waals surface area contributed by atoms with Crippen molar-refractivity contribution in [3.8, 4) is 17.4 Å². The molecule has 6 N–H and O–H groups in total. The number of para-hydroxylation sites is 1. The molecule has 1 fully saturated rings. The molecular weight excluding hydrogens is 522 g/mol. The normalized spacial score (nSPS) is 14.0. The Morgan fingerprint density at radius 2 is 1.88 bits per heavy atom. The van der Waals surface area contributed by atoms with Crippen molar-refractivity contribution in [2.75, 3.05) is 13.2 Å². The van der Waals surface area contributed by atoms with Crippen molar-refractivity contribution in [2.24, 2.45) is 11.7 Å². The van der Waals surface area contributed by atoms with Crippen LogP contribution in [0.4, 0.5) is 0 Å². The number of aliphatic hydroxyl groups is 1. The van der Waals surface area contributed by atoms with Gasteiger partial charge in [0.15, 0.2) is 0 Å². The molecule has 0 saturated heterocycles. The second kappa shape index (κ2) is 13.5. The predicted octanol–water partition coefficient (Wildman–Crippen LogP) is 4.30. The summed E-state index contributed by atoms with van der Waals surface area (Å²) in [6.45, 7) is 6.79. The van der Waals surface area contributed by atoms with Crippen molar-refractivity contribution in [3.05, 3.63) is 82.4 Å². The lowest BCUT2D eigenvalue weighted by Gasteiger charge is -2.28. The standard InChI is InChI=1S/C26H29N5O5.C5H10/c1-26(2,29-14-17(32)15-35-21-7-3-6-20-22(21)31-25(34)30-20)13-16-8-10-18(11-9-16)36-24-19(23(27)33)5-4-12-28-24;1-5-3-2-4-5/h3-12,17,29,32H,13-15H2,1-2H3,(H2,27,33)(H2,30,31,34);5H,2-4H2,1H3. The van der Waals surface area contributed by atoms with Gasteiger partial charge in [0.05, 0.1) is 5.52 Å². The van der Waals surface area contributed by atoms with Crippen LogP contribution in [0.3, 0.4) is 0 Å². The Kier molecular flexibility index (Phi) is 9.80. The Labute approximate surface area is 239 Å². The van der Waals surface area contributed by atoms with Crippen molar-refractivity contribution in [1.29, 1.82) is 0 Å². The van der Waals surface area contributed by atoms with Crippen LogP contribution in [-0.4, -0.2) is 50.8 Å². The maximum atomic E-state index is 11.6. The fourth-order valence-electron chi connectivity index (χ4n) is 4.42. The molecule has 41 heavy (non-hydrogen) atoms. The minimum atomic E-state index is -0.751. The molecule has 0 aliphatic heterocycles. The van der Waals surface area contributed by atoms with Gasteiger partial charge in [0.1, 0.15) is 35.3 Å². The maximum Gasteiger partial charge on any atom is 0.323 e. The van der Waals surface area contributed by atoms with Crippen molar-refractivity contribution >= 4 is 16.9 Å². The molecule has 10 heteroatoms. The molecule has 2 aromatic carbocycles. The summed E-state index contributed by atoms with van der Waals surface area (Å²) in [5, 5.41) is 13.8. The monoisotopic (exact) mass is 561 g/mol. The first-order chi connectivity index (χ1) is 19.6. The number of hydrogen-bond donors (Lipinski definition) is 5. The number of nitrogens with zero attached hydrogens (tertiary/aromatic N) is 1. The number of nitrogens with two attached hydrogens (primary N) is 1. The maximum absolute atomic E-state index is 11.6. The number of amides is 1. The zero-order valence-electron chi connectivity index (χ0n) is 23.8. The molecule has 10 nitrogen and oxygen atoms in total. The van der Waals surface area contributed by atoms with Gasteiger partial charge in [0, 0.05) is 18.3 Å². The third-order valence-corrected chi connectivity index (χ3v) is 6.97. The Morgan fingerprint density at radius 1 is 1.15 bits per heavy atom. The van der Waals surface area contributed by atoms with E-state index in [0.29, 0.717) is 35.5 Å². The van der Waals surface area contributed by atoms with Crippen molar-refractivity contribution < 1.29 is 19.4 Å². The highest BCUT2D eigenvalue weighted by atomic mass is 16.5. The zero-order chi connectivity index (χ0) is 29.4. The molecule has 1 saturated carbocycles. The predicted molar refractivity (Wildman–Crippen MR) is 158 cm³/mol. The van der Waals surface area contributed by atoms with Crippen LogP contribution in [0, 0.1) is 5.92 Å². The third-order valence-electron chi connectivity index (χ3n) is 6.97. The number of carbonyl (C=O) groups is 1. The molecule has 1 atom stereocenters. The van der Waals surface area contributed by atoms with E-state index in [1.54, 1.807) is 42.5 Å². The third kappa shape index (κ3) is 8.67. The number of primary amides is 1. The van der Waals surface area contributed by atoms with Crippen LogP contribution >= 0.6 is 0 Å². The van der Waals surface area contributed by atoms with Crippen LogP contribution in [0.25, 0.3) is 11.0 Å². The average Bonchev–Trinajstić information content (AvgIpc) is 3.32. The van der Waals surface area contributed by atoms with E-state index in [0.717, 1.165) is 11.5 Å². The lowest BCUT2D eigenvalue weighted by Crippen LogP contribution is -2.46. The quantitative estimate of drug-likeness (QED) is 0.183. The summed E-state index contributed by atoms with van der Waals surface area (Å²) in [7, 11) is 0. The average molecular weight is 562 g/mol. The Morgan fingerprint density at radius 3 is 2.54 bits per heavy atom. The van der Waals surface area contributed by atoms with Gasteiger partial charge in [-0.05, 0) is 68.1 Å². The number of imidazole rings is 1. The first-order valence-electron chi connectivity index (χ1n) is 13.9. The van der Waals surface area contributed by atoms with Gasteiger partial charge in [-0.15, -0.1) is 0 Å². The zero-order valence-corrected chi connectivity index (χ0v) is 23.8. The molecule has 4 aromatic rings. The molecule has 1 aliphatic rings. The summed E-state index contributed by atoms with van der Waals surface area (Å²) in [6.07, 6.45) is 5.94. The van der Waals surface area contributed by atoms with E-state index >= 15 is 0 Å². The summed E-state index contributed by atoms with van der Waals surface area (Å²) < 4.78 is 11.5. The van der Waals surface area contributed by atoms with Gasteiger partial charge in [-0.25, -0.2) is 9.78 Å². The smallest absolute Gasteiger partial charge is 0.323 e. The minimum absolute atomic E-state index is 0.0717. The van der Waals surface area contributed by atoms with Crippen molar-refractivity contribution in [1.82, 2.24) is 20.3 Å². The summed E-state index contributed by atoms with van der Waals surface area (Å²) >= 11 is 0. The van der Waals surface area contributed by atoms with Gasteiger partial charge >= 0.3 is 5.69 Å². The first-order valence-corrected chi connectivity index (χ1v) is 13.9. The Hall–Kier alpha value is -4.15. The molecule has 218 valence electrons. The number of aromatic nitrogens is 3. The molecular formula is C31H39N5O5. The lowest BCUT2D eigenvalue weighted by molar-refractivity contribution is 0.0994. The minimum Gasteiger partial charge on any atom is -0.489 e. The highest BCUT2D eigenvalue weighted by molar-refractivity contribution is 5.95. The van der Waals surface area contributed by atoms with Crippen molar-refractivity contribution in [2.45, 2.75) is 58.1 Å². The van der Waals surface area contributed by atoms with Crippen LogP contribution in [0.5, 0.6) is 17.4 Å². The topological polar surface area (TPSA) is 155 Å². The lowest BCUT2D eigenvalue weighted by atomic mass is 9.88. The fourth-order valence-corrected chi connectivity index (χ4v) is 4.42. The number of fused-ring (bicyclic) bond motifs is 1. The summed E-state index contributed by atoms with van der Waals surface area (Å²) in [5.74, 6) is 1.66. The van der Waals surface area contributed by atoms with Gasteiger partial charge in [0.25, 0.3) is 5.91 Å². The number of benzene rings is 2. The van der Waals surface area contributed by atoms with Crippen LogP contribution in [-0.2, 0) is 6.42 Å². The Balaban J connectivity index is 0.000000699. The van der Waals surface area contributed by atoms with Crippen molar-refractivity contribution in [3.63, 3.8) is 0 Å². The number of carbonyl (C=O) groups excluding carboxylic acids is 1. The summed E-state index contributed by atoms with van der Waals surface area (Å²) in [4.78, 5) is 32.5. The number of hydrogen-bond acceptors (Lipinski definition) is 7. The number of nitrogens with one attached hydrogen (secondary N) is 3. The largest absolute Gasteiger partial charge is 0.489 e. The number of rotatable bonds is 11. The van der Waals surface area contributed by atoms with E-state index in [4.69, 9.17) is 15.2 Å². The van der Waals surface area contributed by atoms with Gasteiger partial charge < -0.3 is 35.6 Å². The SMILES string of the molecule is CC(C)(Cc1ccc(Oc2ncccc2C(N)=O)cc1)NCC(O)COc1cccc2[nH]c(=O)[nH]c12.CC1CCC1. The number of ether oxygens (including phenoxy) is 2. The number of pyridine rings is 1. The molecule has 1 unspecified atom stereocenters. The first kappa shape index (κ1) is 29.8. The van der Waals surface area contributed by atoms with Crippen LogP contribution in [0.2, 0.25) is 0 Å². The summed E-state index contributed by atoms with van der Waals surface area (Å²) in [6, 6.07) is 16.0.